The lowest BCUT2D eigenvalue weighted by Gasteiger charge is -2.18. The number of aliphatic imine (C=N–C) groups is 1. The van der Waals surface area contributed by atoms with Gasteiger partial charge in [0, 0.05) is 6.04 Å². The van der Waals surface area contributed by atoms with E-state index in [4.69, 9.17) is 10.7 Å². The third kappa shape index (κ3) is 3.14. The van der Waals surface area contributed by atoms with Gasteiger partial charge < -0.3 is 11.1 Å². The third-order valence-electron chi connectivity index (χ3n) is 4.72. The quantitative estimate of drug-likeness (QED) is 0.585. The molecule has 3 atom stereocenters. The average Bonchev–Trinajstić information content (AvgIpc) is 2.90. The topological polar surface area (TPSA) is 50.4 Å². The van der Waals surface area contributed by atoms with Crippen LogP contribution in [0.15, 0.2) is 4.99 Å². The first-order chi connectivity index (χ1) is 8.20. The molecular weight excluding hydrogens is 210 g/mol. The van der Waals surface area contributed by atoms with Crippen LogP contribution in [0.25, 0.3) is 0 Å². The Hall–Kier alpha value is -0.730. The van der Waals surface area contributed by atoms with Crippen molar-refractivity contribution in [2.75, 3.05) is 0 Å². The maximum atomic E-state index is 6.02. The van der Waals surface area contributed by atoms with E-state index in [2.05, 4.69) is 19.2 Å². The first-order valence-corrected chi connectivity index (χ1v) is 7.30. The molecule has 3 unspecified atom stereocenters. The molecule has 3 N–H and O–H groups in total. The number of rotatable bonds is 3. The van der Waals surface area contributed by atoms with Crippen LogP contribution in [-0.2, 0) is 0 Å². The monoisotopic (exact) mass is 237 g/mol. The Labute approximate surface area is 105 Å². The minimum Gasteiger partial charge on any atom is -0.370 e. The van der Waals surface area contributed by atoms with E-state index in [0.717, 1.165) is 5.92 Å². The summed E-state index contributed by atoms with van der Waals surface area (Å²) in [5, 5.41) is 3.39. The van der Waals surface area contributed by atoms with Crippen molar-refractivity contribution in [2.45, 2.75) is 70.9 Å². The maximum absolute atomic E-state index is 6.02. The van der Waals surface area contributed by atoms with Crippen molar-refractivity contribution < 1.29 is 0 Å². The highest BCUT2D eigenvalue weighted by Gasteiger charge is 2.31. The number of nitrogens with one attached hydrogen (secondary N) is 1. The molecule has 0 radical (unpaired) electrons. The van der Waals surface area contributed by atoms with Gasteiger partial charge in [-0.25, -0.2) is 4.99 Å². The molecule has 2 aliphatic rings. The van der Waals surface area contributed by atoms with Crippen LogP contribution in [0, 0.1) is 11.8 Å². The largest absolute Gasteiger partial charge is 0.370 e. The summed E-state index contributed by atoms with van der Waals surface area (Å²) in [5.74, 6) is 2.23. The second-order valence-corrected chi connectivity index (χ2v) is 5.81. The molecule has 3 nitrogen and oxygen atoms in total. The zero-order valence-electron chi connectivity index (χ0n) is 11.3. The number of guanidine groups is 1. The highest BCUT2D eigenvalue weighted by Crippen LogP contribution is 2.35. The summed E-state index contributed by atoms with van der Waals surface area (Å²) in [4.78, 5) is 4.70. The summed E-state index contributed by atoms with van der Waals surface area (Å²) in [7, 11) is 0. The fourth-order valence-electron chi connectivity index (χ4n) is 3.48. The summed E-state index contributed by atoms with van der Waals surface area (Å²) in [6, 6.07) is 1.03. The van der Waals surface area contributed by atoms with E-state index in [1.54, 1.807) is 0 Å². The van der Waals surface area contributed by atoms with Crippen LogP contribution < -0.4 is 11.1 Å². The highest BCUT2D eigenvalue weighted by molar-refractivity contribution is 5.78. The average molecular weight is 237 g/mol. The van der Waals surface area contributed by atoms with Gasteiger partial charge in [-0.2, -0.15) is 0 Å². The second kappa shape index (κ2) is 5.74. The lowest BCUT2D eigenvalue weighted by molar-refractivity contribution is 0.382. The van der Waals surface area contributed by atoms with Gasteiger partial charge in [0.05, 0.1) is 6.04 Å². The summed E-state index contributed by atoms with van der Waals surface area (Å²) >= 11 is 0. The van der Waals surface area contributed by atoms with E-state index in [1.807, 2.05) is 0 Å². The minimum atomic E-state index is 0.453. The van der Waals surface area contributed by atoms with Gasteiger partial charge in [0.15, 0.2) is 5.96 Å². The van der Waals surface area contributed by atoms with Crippen molar-refractivity contribution >= 4 is 5.96 Å². The van der Waals surface area contributed by atoms with Crippen molar-refractivity contribution in [2.24, 2.45) is 22.6 Å². The first-order valence-electron chi connectivity index (χ1n) is 7.30. The molecular formula is C14H27N3. The fraction of sp³-hybridized carbons (Fsp3) is 0.929. The fourth-order valence-corrected chi connectivity index (χ4v) is 3.48. The van der Waals surface area contributed by atoms with Gasteiger partial charge in [-0.15, -0.1) is 0 Å². The second-order valence-electron chi connectivity index (χ2n) is 5.81. The van der Waals surface area contributed by atoms with Crippen molar-refractivity contribution in [3.05, 3.63) is 0 Å². The molecule has 98 valence electrons. The smallest absolute Gasteiger partial charge is 0.189 e. The molecule has 0 aliphatic heterocycles. The molecule has 0 aromatic carbocycles. The van der Waals surface area contributed by atoms with E-state index in [9.17, 15) is 0 Å². The van der Waals surface area contributed by atoms with Gasteiger partial charge in [-0.05, 0) is 37.5 Å². The summed E-state index contributed by atoms with van der Waals surface area (Å²) in [6.45, 7) is 4.62. The van der Waals surface area contributed by atoms with E-state index in [1.165, 1.54) is 44.9 Å². The Kier molecular flexibility index (Phi) is 4.30. The van der Waals surface area contributed by atoms with Crippen LogP contribution in [0.2, 0.25) is 0 Å². The zero-order valence-corrected chi connectivity index (χ0v) is 11.3. The molecule has 0 aromatic rings. The Morgan fingerprint density at radius 3 is 2.53 bits per heavy atom. The molecule has 0 heterocycles. The zero-order chi connectivity index (χ0) is 12.3. The van der Waals surface area contributed by atoms with Crippen LogP contribution >= 0.6 is 0 Å². The highest BCUT2D eigenvalue weighted by atomic mass is 15.1. The van der Waals surface area contributed by atoms with Crippen LogP contribution in [0.1, 0.15) is 58.8 Å². The Bertz CT molecular complexity index is 269. The van der Waals surface area contributed by atoms with Gasteiger partial charge in [0.2, 0.25) is 0 Å². The number of hydrogen-bond donors (Lipinski definition) is 2. The third-order valence-corrected chi connectivity index (χ3v) is 4.72. The van der Waals surface area contributed by atoms with Crippen LogP contribution in [0.3, 0.4) is 0 Å². The molecule has 2 saturated carbocycles. The summed E-state index contributed by atoms with van der Waals surface area (Å²) in [5.41, 5.74) is 6.02. The predicted molar refractivity (Wildman–Crippen MR) is 73.0 cm³/mol. The summed E-state index contributed by atoms with van der Waals surface area (Å²) in [6.07, 6.45) is 9.01. The Morgan fingerprint density at radius 2 is 1.94 bits per heavy atom. The van der Waals surface area contributed by atoms with E-state index >= 15 is 0 Å². The molecule has 2 rings (SSSR count). The Balaban J connectivity index is 1.85. The van der Waals surface area contributed by atoms with Crippen molar-refractivity contribution in [1.82, 2.24) is 5.32 Å². The number of nitrogens with two attached hydrogens (primary N) is 1. The van der Waals surface area contributed by atoms with Crippen LogP contribution in [0.5, 0.6) is 0 Å². The van der Waals surface area contributed by atoms with E-state index in [-0.39, 0.29) is 0 Å². The van der Waals surface area contributed by atoms with Crippen molar-refractivity contribution in [3.63, 3.8) is 0 Å². The molecule has 3 heteroatoms. The lowest BCUT2D eigenvalue weighted by atomic mass is 9.94. The van der Waals surface area contributed by atoms with Gasteiger partial charge in [0.1, 0.15) is 0 Å². The molecule has 17 heavy (non-hydrogen) atoms. The maximum Gasteiger partial charge on any atom is 0.189 e. The molecule has 2 aliphatic carbocycles. The predicted octanol–water partition coefficient (Wildman–Crippen LogP) is 2.66. The lowest BCUT2D eigenvalue weighted by Crippen LogP contribution is -2.39. The van der Waals surface area contributed by atoms with Crippen molar-refractivity contribution in [1.29, 1.82) is 0 Å². The summed E-state index contributed by atoms with van der Waals surface area (Å²) < 4.78 is 0. The molecule has 0 aromatic heterocycles. The van der Waals surface area contributed by atoms with Crippen molar-refractivity contribution in [3.8, 4) is 0 Å². The molecule has 0 saturated heterocycles. The minimum absolute atomic E-state index is 0.453. The van der Waals surface area contributed by atoms with E-state index < -0.39 is 0 Å². The first kappa shape index (κ1) is 12.7. The Morgan fingerprint density at radius 1 is 1.24 bits per heavy atom. The molecule has 0 spiro atoms. The van der Waals surface area contributed by atoms with Gasteiger partial charge in [-0.1, -0.05) is 33.1 Å². The van der Waals surface area contributed by atoms with Gasteiger partial charge in [0.25, 0.3) is 0 Å². The normalized spacial score (nSPS) is 35.4. The van der Waals surface area contributed by atoms with Crippen LogP contribution in [0.4, 0.5) is 0 Å². The molecule has 0 amide bonds. The standard InChI is InChI=1S/C14H27N3/c1-3-11-8-9-13(10(11)2)17-14(15)16-12-6-4-5-7-12/h10-13H,3-9H2,1-2H3,(H3,15,16,17). The van der Waals surface area contributed by atoms with Crippen LogP contribution in [-0.4, -0.2) is 18.0 Å². The van der Waals surface area contributed by atoms with Gasteiger partial charge >= 0.3 is 0 Å². The van der Waals surface area contributed by atoms with Gasteiger partial charge in [-0.3, -0.25) is 0 Å². The van der Waals surface area contributed by atoms with E-state index in [0.29, 0.717) is 24.0 Å². The number of hydrogen-bond acceptors (Lipinski definition) is 1. The SMILES string of the molecule is CCC1CCC(N=C(N)NC2CCCC2)C1C. The number of nitrogens with zero attached hydrogens (tertiary/aromatic N) is 1. The molecule has 0 bridgehead atoms. The molecule has 2 fully saturated rings.